The maximum atomic E-state index is 5.89. The van der Waals surface area contributed by atoms with Gasteiger partial charge >= 0.3 is 0 Å². The van der Waals surface area contributed by atoms with Crippen molar-refractivity contribution in [1.29, 1.82) is 0 Å². The molecule has 2 aromatic heterocycles. The van der Waals surface area contributed by atoms with E-state index in [2.05, 4.69) is 58.3 Å². The number of hydrogen-bond acceptors (Lipinski definition) is 7. The van der Waals surface area contributed by atoms with Gasteiger partial charge in [0.25, 0.3) is 5.89 Å². The van der Waals surface area contributed by atoms with E-state index in [1.165, 1.54) is 17.5 Å². The molecule has 0 saturated heterocycles. The summed E-state index contributed by atoms with van der Waals surface area (Å²) in [6, 6.07) is 18.1. The highest BCUT2D eigenvalue weighted by Gasteiger charge is 2.23. The van der Waals surface area contributed by atoms with Crippen molar-refractivity contribution in [3.8, 4) is 23.2 Å². The molecular weight excluding hydrogens is 380 g/mol. The molecule has 0 radical (unpaired) electrons. The summed E-state index contributed by atoms with van der Waals surface area (Å²) in [5, 5.41) is 7.47. The van der Waals surface area contributed by atoms with Crippen LogP contribution >= 0.6 is 0 Å². The fourth-order valence-corrected chi connectivity index (χ4v) is 3.15. The van der Waals surface area contributed by atoms with Crippen LogP contribution in [0.3, 0.4) is 0 Å². The molecule has 0 fully saturated rings. The molecule has 7 nitrogen and oxygen atoms in total. The first-order valence-corrected chi connectivity index (χ1v) is 9.52. The van der Waals surface area contributed by atoms with Gasteiger partial charge in [0.2, 0.25) is 12.2 Å². The monoisotopic (exact) mass is 402 g/mol. The van der Waals surface area contributed by atoms with Crippen molar-refractivity contribution >= 4 is 0 Å². The molecule has 30 heavy (non-hydrogen) atoms. The van der Waals surface area contributed by atoms with Crippen molar-refractivity contribution in [1.82, 2.24) is 20.2 Å². The molecule has 2 heterocycles. The van der Waals surface area contributed by atoms with E-state index in [4.69, 9.17) is 13.9 Å². The fourth-order valence-electron chi connectivity index (χ4n) is 3.15. The third-order valence-corrected chi connectivity index (χ3v) is 5.04. The first kappa shape index (κ1) is 19.6. The molecule has 0 N–H and O–H groups in total. The molecule has 0 aliphatic carbocycles. The van der Waals surface area contributed by atoms with Crippen LogP contribution < -0.4 is 9.47 Å². The highest BCUT2D eigenvalue weighted by Crippen LogP contribution is 2.33. The highest BCUT2D eigenvalue weighted by atomic mass is 16.5. The van der Waals surface area contributed by atoms with Crippen molar-refractivity contribution in [3.63, 3.8) is 0 Å². The zero-order valence-corrected chi connectivity index (χ0v) is 17.1. The van der Waals surface area contributed by atoms with Gasteiger partial charge in [-0.1, -0.05) is 38.1 Å². The smallest absolute Gasteiger partial charge is 0.285 e. The number of ether oxygens (including phenoxy) is 2. The van der Waals surface area contributed by atoms with Gasteiger partial charge in [0.1, 0.15) is 18.1 Å². The van der Waals surface area contributed by atoms with Crippen molar-refractivity contribution in [2.45, 2.75) is 25.9 Å². The van der Waals surface area contributed by atoms with E-state index >= 15 is 0 Å². The van der Waals surface area contributed by atoms with Crippen LogP contribution in [0.5, 0.6) is 11.5 Å². The fraction of sp³-hybridized carbons (Fsp3) is 0.217. The summed E-state index contributed by atoms with van der Waals surface area (Å²) in [5.41, 5.74) is 2.99. The molecular formula is C23H22N4O3. The van der Waals surface area contributed by atoms with Crippen LogP contribution in [0.4, 0.5) is 0 Å². The summed E-state index contributed by atoms with van der Waals surface area (Å²) in [6.07, 6.45) is 2.89. The minimum atomic E-state index is -0.142. The Morgan fingerprint density at radius 1 is 0.900 bits per heavy atom. The number of benzene rings is 2. The predicted octanol–water partition coefficient (Wildman–Crippen LogP) is 4.44. The van der Waals surface area contributed by atoms with Crippen LogP contribution in [0.25, 0.3) is 11.7 Å². The largest absolute Gasteiger partial charge is 0.497 e. The molecule has 0 bridgehead atoms. The van der Waals surface area contributed by atoms with E-state index < -0.39 is 0 Å². The number of aromatic nitrogens is 4. The van der Waals surface area contributed by atoms with E-state index in [-0.39, 0.29) is 11.3 Å². The standard InChI is InChI=1S/C23H22N4O3/c1-23(2,16-4-8-19(28-3)9-5-16)17-6-10-20(11-7-17)29-14-18-12-13-24-21(26-18)22-27-25-15-30-22/h4-13,15H,14H2,1-3H3. The maximum absolute atomic E-state index is 5.89. The molecule has 0 spiro atoms. The normalized spacial score (nSPS) is 11.3. The summed E-state index contributed by atoms with van der Waals surface area (Å²) in [7, 11) is 1.67. The van der Waals surface area contributed by atoms with Crippen molar-refractivity contribution in [3.05, 3.63) is 84.0 Å². The Morgan fingerprint density at radius 2 is 1.57 bits per heavy atom. The molecule has 152 valence electrons. The van der Waals surface area contributed by atoms with Gasteiger partial charge in [-0.15, -0.1) is 10.2 Å². The summed E-state index contributed by atoms with van der Waals surface area (Å²) < 4.78 is 16.3. The number of methoxy groups -OCH3 is 1. The first-order valence-electron chi connectivity index (χ1n) is 9.52. The Hall–Kier alpha value is -3.74. The summed E-state index contributed by atoms with van der Waals surface area (Å²) >= 11 is 0. The van der Waals surface area contributed by atoms with Crippen LogP contribution in [0.2, 0.25) is 0 Å². The molecule has 0 unspecified atom stereocenters. The van der Waals surface area contributed by atoms with Gasteiger partial charge in [-0.3, -0.25) is 0 Å². The maximum Gasteiger partial charge on any atom is 0.285 e. The molecule has 0 aliphatic heterocycles. The molecule has 0 atom stereocenters. The molecule has 4 rings (SSSR count). The lowest BCUT2D eigenvalue weighted by Gasteiger charge is -2.26. The lowest BCUT2D eigenvalue weighted by molar-refractivity contribution is 0.301. The molecule has 4 aromatic rings. The molecule has 2 aromatic carbocycles. The van der Waals surface area contributed by atoms with E-state index in [1.54, 1.807) is 19.4 Å². The van der Waals surface area contributed by atoms with Crippen molar-refractivity contribution in [2.24, 2.45) is 0 Å². The van der Waals surface area contributed by atoms with E-state index in [9.17, 15) is 0 Å². The second-order valence-electron chi connectivity index (χ2n) is 7.28. The van der Waals surface area contributed by atoms with Gasteiger partial charge in [0.15, 0.2) is 0 Å². The number of nitrogens with zero attached hydrogens (tertiary/aromatic N) is 4. The van der Waals surface area contributed by atoms with Crippen LogP contribution in [0.1, 0.15) is 30.7 Å². The lowest BCUT2D eigenvalue weighted by Crippen LogP contribution is -2.18. The van der Waals surface area contributed by atoms with Crippen LogP contribution in [-0.4, -0.2) is 27.3 Å². The highest BCUT2D eigenvalue weighted by molar-refractivity contribution is 5.42. The quantitative estimate of drug-likeness (QED) is 0.452. The second kappa shape index (κ2) is 8.32. The average molecular weight is 402 g/mol. The van der Waals surface area contributed by atoms with Crippen LogP contribution in [0.15, 0.2) is 71.6 Å². The molecule has 0 amide bonds. The van der Waals surface area contributed by atoms with Crippen LogP contribution in [0, 0.1) is 0 Å². The van der Waals surface area contributed by atoms with E-state index in [0.29, 0.717) is 12.4 Å². The van der Waals surface area contributed by atoms with E-state index in [0.717, 1.165) is 17.2 Å². The molecule has 0 saturated carbocycles. The first-order chi connectivity index (χ1) is 14.6. The Kier molecular flexibility index (Phi) is 5.43. The van der Waals surface area contributed by atoms with Gasteiger partial charge in [0, 0.05) is 11.6 Å². The predicted molar refractivity (Wildman–Crippen MR) is 111 cm³/mol. The summed E-state index contributed by atoms with van der Waals surface area (Å²) in [6.45, 7) is 4.71. The topological polar surface area (TPSA) is 83.2 Å². The third-order valence-electron chi connectivity index (χ3n) is 5.04. The van der Waals surface area contributed by atoms with Gasteiger partial charge in [0.05, 0.1) is 12.8 Å². The van der Waals surface area contributed by atoms with Gasteiger partial charge < -0.3 is 13.9 Å². The minimum Gasteiger partial charge on any atom is -0.497 e. The summed E-state index contributed by atoms with van der Waals surface area (Å²) in [5.74, 6) is 2.28. The van der Waals surface area contributed by atoms with E-state index in [1.807, 2.05) is 24.3 Å². The zero-order valence-electron chi connectivity index (χ0n) is 17.1. The number of rotatable bonds is 7. The second-order valence-corrected chi connectivity index (χ2v) is 7.28. The van der Waals surface area contributed by atoms with Crippen LogP contribution in [-0.2, 0) is 12.0 Å². The van der Waals surface area contributed by atoms with Crippen molar-refractivity contribution in [2.75, 3.05) is 7.11 Å². The van der Waals surface area contributed by atoms with Gasteiger partial charge in [-0.2, -0.15) is 0 Å². The lowest BCUT2D eigenvalue weighted by atomic mass is 9.78. The Bertz CT molecular complexity index is 1090. The molecule has 0 aliphatic rings. The summed E-state index contributed by atoms with van der Waals surface area (Å²) in [4.78, 5) is 8.54. The Morgan fingerprint density at radius 3 is 2.17 bits per heavy atom. The average Bonchev–Trinajstić information content (AvgIpc) is 3.33. The SMILES string of the molecule is COc1ccc(C(C)(C)c2ccc(OCc3ccnc(-c4nnco4)n3)cc2)cc1. The number of hydrogen-bond donors (Lipinski definition) is 0. The van der Waals surface area contributed by atoms with Crippen molar-refractivity contribution < 1.29 is 13.9 Å². The zero-order chi connectivity index (χ0) is 21.0. The Balaban J connectivity index is 1.44. The minimum absolute atomic E-state index is 0.142. The Labute approximate surface area is 174 Å². The van der Waals surface area contributed by atoms with Gasteiger partial charge in [-0.25, -0.2) is 9.97 Å². The van der Waals surface area contributed by atoms with Gasteiger partial charge in [-0.05, 0) is 41.5 Å². The third kappa shape index (κ3) is 4.15. The molecule has 7 heteroatoms.